The smallest absolute Gasteiger partial charge is 0.247 e. The van der Waals surface area contributed by atoms with E-state index >= 15 is 0 Å². The lowest BCUT2D eigenvalue weighted by molar-refractivity contribution is 0.0307. The van der Waals surface area contributed by atoms with Gasteiger partial charge in [0.1, 0.15) is 6.17 Å². The summed E-state index contributed by atoms with van der Waals surface area (Å²) in [7, 11) is 0. The van der Waals surface area contributed by atoms with Crippen molar-refractivity contribution >= 4 is 0 Å². The van der Waals surface area contributed by atoms with Gasteiger partial charge in [0.15, 0.2) is 6.17 Å². The van der Waals surface area contributed by atoms with Crippen LogP contribution in [-0.2, 0) is 0 Å². The molecular weight excluding hydrogens is 160 g/mol. The minimum atomic E-state index is -3.07. The van der Waals surface area contributed by atoms with E-state index in [9.17, 15) is 17.6 Å². The molecule has 0 aromatic heterocycles. The zero-order chi connectivity index (χ0) is 8.85. The highest BCUT2D eigenvalue weighted by atomic mass is 19.3. The SMILES string of the molecule is [CH2]CCC(F)C[C@H](F)C(F)F. The van der Waals surface area contributed by atoms with Crippen LogP contribution in [0.25, 0.3) is 0 Å². The summed E-state index contributed by atoms with van der Waals surface area (Å²) < 4.78 is 47.4. The molecule has 0 aromatic carbocycles. The van der Waals surface area contributed by atoms with Crippen LogP contribution in [0.2, 0.25) is 0 Å². The second-order valence-corrected chi connectivity index (χ2v) is 2.33. The van der Waals surface area contributed by atoms with Gasteiger partial charge in [0.25, 0.3) is 6.43 Å². The van der Waals surface area contributed by atoms with Crippen molar-refractivity contribution in [3.63, 3.8) is 0 Å². The molecule has 0 nitrogen and oxygen atoms in total. The molecule has 1 radical (unpaired) electrons. The Morgan fingerprint density at radius 2 is 1.64 bits per heavy atom. The number of hydrogen-bond donors (Lipinski definition) is 0. The average Bonchev–Trinajstić information content (AvgIpc) is 1.87. The van der Waals surface area contributed by atoms with Crippen LogP contribution in [-0.4, -0.2) is 18.8 Å². The summed E-state index contributed by atoms with van der Waals surface area (Å²) in [5.74, 6) is 0. The Morgan fingerprint density at radius 3 is 2.00 bits per heavy atom. The summed E-state index contributed by atoms with van der Waals surface area (Å²) >= 11 is 0. The number of hydrogen-bond acceptors (Lipinski definition) is 0. The van der Waals surface area contributed by atoms with Gasteiger partial charge in [0.2, 0.25) is 0 Å². The minimum absolute atomic E-state index is 0.0487. The summed E-state index contributed by atoms with van der Waals surface area (Å²) in [6, 6.07) is 0. The first-order valence-electron chi connectivity index (χ1n) is 3.43. The van der Waals surface area contributed by atoms with Crippen molar-refractivity contribution in [2.24, 2.45) is 0 Å². The highest BCUT2D eigenvalue weighted by molar-refractivity contribution is 4.66. The lowest BCUT2D eigenvalue weighted by Gasteiger charge is -2.09. The molecule has 0 heterocycles. The zero-order valence-electron chi connectivity index (χ0n) is 6.07. The maximum Gasteiger partial charge on any atom is 0.269 e. The summed E-state index contributed by atoms with van der Waals surface area (Å²) in [4.78, 5) is 0. The fourth-order valence-corrected chi connectivity index (χ4v) is 0.687. The molecule has 0 bridgehead atoms. The summed E-state index contributed by atoms with van der Waals surface area (Å²) in [5, 5.41) is 0. The van der Waals surface area contributed by atoms with Crippen LogP contribution in [0.3, 0.4) is 0 Å². The van der Waals surface area contributed by atoms with Gasteiger partial charge in [0, 0.05) is 6.42 Å². The highest BCUT2D eigenvalue weighted by Crippen LogP contribution is 2.16. The Kier molecular flexibility index (Phi) is 5.24. The van der Waals surface area contributed by atoms with Gasteiger partial charge in [-0.2, -0.15) is 0 Å². The molecule has 0 saturated carbocycles. The summed E-state index contributed by atoms with van der Waals surface area (Å²) in [5.41, 5.74) is 0. The predicted octanol–water partition coefficient (Wildman–Crippen LogP) is 2.93. The molecule has 0 saturated heterocycles. The van der Waals surface area contributed by atoms with Gasteiger partial charge in [0.05, 0.1) is 0 Å². The summed E-state index contributed by atoms with van der Waals surface area (Å²) in [6.07, 6.45) is -7.26. The second-order valence-electron chi connectivity index (χ2n) is 2.33. The monoisotopic (exact) mass is 171 g/mol. The first kappa shape index (κ1) is 10.7. The fourth-order valence-electron chi connectivity index (χ4n) is 0.687. The van der Waals surface area contributed by atoms with Crippen molar-refractivity contribution in [2.45, 2.75) is 38.0 Å². The molecule has 0 spiro atoms. The molecular formula is C7H11F4. The Hall–Kier alpha value is -0.280. The third-order valence-corrected chi connectivity index (χ3v) is 1.27. The van der Waals surface area contributed by atoms with Gasteiger partial charge in [-0.05, 0) is 6.42 Å². The third-order valence-electron chi connectivity index (χ3n) is 1.27. The van der Waals surface area contributed by atoms with Gasteiger partial charge in [-0.15, -0.1) is 0 Å². The molecule has 11 heavy (non-hydrogen) atoms. The van der Waals surface area contributed by atoms with Gasteiger partial charge in [-0.25, -0.2) is 17.6 Å². The van der Waals surface area contributed by atoms with Crippen LogP contribution in [0, 0.1) is 6.92 Å². The van der Waals surface area contributed by atoms with E-state index in [1.807, 2.05) is 0 Å². The van der Waals surface area contributed by atoms with Crippen molar-refractivity contribution in [3.8, 4) is 0 Å². The van der Waals surface area contributed by atoms with E-state index in [0.717, 1.165) is 0 Å². The van der Waals surface area contributed by atoms with Crippen molar-refractivity contribution in [1.82, 2.24) is 0 Å². The molecule has 0 amide bonds. The van der Waals surface area contributed by atoms with Crippen LogP contribution >= 0.6 is 0 Å². The van der Waals surface area contributed by atoms with E-state index in [2.05, 4.69) is 6.92 Å². The maximum absolute atomic E-state index is 12.4. The highest BCUT2D eigenvalue weighted by Gasteiger charge is 2.22. The van der Waals surface area contributed by atoms with E-state index in [1.54, 1.807) is 0 Å². The Balaban J connectivity index is 3.48. The molecule has 0 aliphatic rings. The molecule has 0 N–H and O–H groups in total. The van der Waals surface area contributed by atoms with E-state index in [0.29, 0.717) is 6.42 Å². The second kappa shape index (κ2) is 5.38. The van der Waals surface area contributed by atoms with Crippen LogP contribution in [0.5, 0.6) is 0 Å². The lowest BCUT2D eigenvalue weighted by atomic mass is 10.1. The van der Waals surface area contributed by atoms with Crippen LogP contribution in [0.4, 0.5) is 17.6 Å². The van der Waals surface area contributed by atoms with Crippen LogP contribution < -0.4 is 0 Å². The minimum Gasteiger partial charge on any atom is -0.247 e. The maximum atomic E-state index is 12.4. The average molecular weight is 171 g/mol. The Labute approximate surface area is 63.6 Å². The molecule has 67 valence electrons. The molecule has 4 heteroatoms. The van der Waals surface area contributed by atoms with E-state index < -0.39 is 25.2 Å². The number of halogens is 4. The van der Waals surface area contributed by atoms with Crippen molar-refractivity contribution < 1.29 is 17.6 Å². The normalized spacial score (nSPS) is 16.9. The van der Waals surface area contributed by atoms with E-state index in [4.69, 9.17) is 0 Å². The Morgan fingerprint density at radius 1 is 1.09 bits per heavy atom. The van der Waals surface area contributed by atoms with Gasteiger partial charge >= 0.3 is 0 Å². The molecule has 0 aromatic rings. The largest absolute Gasteiger partial charge is 0.269 e. The van der Waals surface area contributed by atoms with Crippen LogP contribution in [0.15, 0.2) is 0 Å². The number of alkyl halides is 4. The zero-order valence-corrected chi connectivity index (χ0v) is 6.07. The first-order valence-corrected chi connectivity index (χ1v) is 3.43. The topological polar surface area (TPSA) is 0 Å². The van der Waals surface area contributed by atoms with Crippen molar-refractivity contribution in [1.29, 1.82) is 0 Å². The standard InChI is InChI=1S/C7H11F4/c1-2-3-5(8)4-6(9)7(10)11/h5-7H,1-4H2/t5?,6-/m0/s1. The van der Waals surface area contributed by atoms with Gasteiger partial charge < -0.3 is 0 Å². The Bertz CT molecular complexity index is 94.4. The third kappa shape index (κ3) is 5.04. The number of rotatable bonds is 5. The van der Waals surface area contributed by atoms with Gasteiger partial charge in [-0.3, -0.25) is 0 Å². The quantitative estimate of drug-likeness (QED) is 0.558. The predicted molar refractivity (Wildman–Crippen MR) is 35.0 cm³/mol. The molecule has 0 aliphatic heterocycles. The van der Waals surface area contributed by atoms with Crippen molar-refractivity contribution in [2.75, 3.05) is 0 Å². The van der Waals surface area contributed by atoms with E-state index in [-0.39, 0.29) is 6.42 Å². The van der Waals surface area contributed by atoms with Crippen LogP contribution in [0.1, 0.15) is 19.3 Å². The van der Waals surface area contributed by atoms with E-state index in [1.165, 1.54) is 0 Å². The fraction of sp³-hybridized carbons (Fsp3) is 0.857. The first-order chi connectivity index (χ1) is 5.07. The molecule has 0 aliphatic carbocycles. The summed E-state index contributed by atoms with van der Waals surface area (Å²) in [6.45, 7) is 3.33. The van der Waals surface area contributed by atoms with Gasteiger partial charge in [-0.1, -0.05) is 13.3 Å². The molecule has 2 atom stereocenters. The molecule has 1 unspecified atom stereocenters. The lowest BCUT2D eigenvalue weighted by Crippen LogP contribution is -2.17. The van der Waals surface area contributed by atoms with Crippen molar-refractivity contribution in [3.05, 3.63) is 6.92 Å². The molecule has 0 fully saturated rings. The molecule has 0 rings (SSSR count).